The standard InChI is InChI=1S/C52H54NOP/c1-35(2)39-28-31-44(32-29-39)55(54,53(37(5)6)38(7)8)48-33-30-43(36(3)4)34-47(48)52-46-27-19-18-26-45(46)49(40-20-12-9-13-21-40)50(41-22-14-10-15-23-41)51(52)42-24-16-11-17-25-42/h9-38H,1-8H3/t55-/m1/s1. The summed E-state index contributed by atoms with van der Waals surface area (Å²) in [5.74, 6) is 0.646. The Morgan fingerprint density at radius 1 is 0.418 bits per heavy atom. The fourth-order valence-electron chi connectivity index (χ4n) is 8.49. The smallest absolute Gasteiger partial charge is 0.208 e. The molecule has 0 amide bonds. The number of rotatable bonds is 11. The predicted octanol–water partition coefficient (Wildman–Crippen LogP) is 14.1. The highest BCUT2D eigenvalue weighted by Crippen LogP contribution is 2.56. The van der Waals surface area contributed by atoms with Gasteiger partial charge in [0.1, 0.15) is 0 Å². The van der Waals surface area contributed by atoms with Gasteiger partial charge < -0.3 is 0 Å². The van der Waals surface area contributed by atoms with Gasteiger partial charge in [0.25, 0.3) is 0 Å². The largest absolute Gasteiger partial charge is 0.296 e. The quantitative estimate of drug-likeness (QED) is 0.123. The first-order valence-corrected chi connectivity index (χ1v) is 21.6. The molecule has 0 aromatic heterocycles. The second-order valence-corrected chi connectivity index (χ2v) is 18.6. The van der Waals surface area contributed by atoms with Crippen LogP contribution in [0.25, 0.3) is 55.3 Å². The zero-order valence-electron chi connectivity index (χ0n) is 33.6. The molecular formula is C52H54NOP. The first kappa shape index (κ1) is 38.3. The molecule has 0 radical (unpaired) electrons. The molecule has 0 aliphatic heterocycles. The van der Waals surface area contributed by atoms with Crippen molar-refractivity contribution in [2.45, 2.75) is 79.3 Å². The van der Waals surface area contributed by atoms with Crippen LogP contribution in [-0.4, -0.2) is 16.8 Å². The molecule has 0 N–H and O–H groups in total. The fraction of sp³-hybridized carbons (Fsp3) is 0.231. The van der Waals surface area contributed by atoms with Crippen LogP contribution in [0.1, 0.15) is 78.4 Å². The van der Waals surface area contributed by atoms with Crippen molar-refractivity contribution in [3.05, 3.63) is 169 Å². The monoisotopic (exact) mass is 739 g/mol. The van der Waals surface area contributed by atoms with E-state index in [1.54, 1.807) is 0 Å². The normalized spacial score (nSPS) is 13.0. The lowest BCUT2D eigenvalue weighted by atomic mass is 9.78. The maximum atomic E-state index is 16.9. The van der Waals surface area contributed by atoms with Crippen molar-refractivity contribution < 1.29 is 4.57 Å². The van der Waals surface area contributed by atoms with Gasteiger partial charge in [-0.2, -0.15) is 0 Å². The minimum absolute atomic E-state index is 0.0268. The van der Waals surface area contributed by atoms with Gasteiger partial charge in [0.2, 0.25) is 7.29 Å². The third kappa shape index (κ3) is 7.15. The molecule has 278 valence electrons. The molecule has 0 saturated carbocycles. The summed E-state index contributed by atoms with van der Waals surface area (Å²) < 4.78 is 19.2. The molecule has 0 spiro atoms. The van der Waals surface area contributed by atoms with Crippen LogP contribution in [0.15, 0.2) is 158 Å². The fourth-order valence-corrected chi connectivity index (χ4v) is 11.9. The third-order valence-corrected chi connectivity index (χ3v) is 14.6. The molecule has 0 heterocycles. The highest BCUT2D eigenvalue weighted by atomic mass is 31.2. The van der Waals surface area contributed by atoms with E-state index >= 15 is 4.57 Å². The second kappa shape index (κ2) is 16.0. The molecule has 7 aromatic carbocycles. The maximum absolute atomic E-state index is 16.9. The Labute approximate surface area is 329 Å². The molecule has 7 aromatic rings. The lowest BCUT2D eigenvalue weighted by molar-refractivity contribution is 0.307. The van der Waals surface area contributed by atoms with Gasteiger partial charge in [0.05, 0.1) is 0 Å². The number of nitrogens with zero attached hydrogens (tertiary/aromatic N) is 1. The topological polar surface area (TPSA) is 20.3 Å². The van der Waals surface area contributed by atoms with E-state index in [0.717, 1.165) is 43.8 Å². The average Bonchev–Trinajstić information content (AvgIpc) is 3.20. The highest BCUT2D eigenvalue weighted by Gasteiger charge is 2.41. The van der Waals surface area contributed by atoms with E-state index in [9.17, 15) is 0 Å². The van der Waals surface area contributed by atoms with Crippen molar-refractivity contribution in [1.29, 1.82) is 0 Å². The SMILES string of the molecule is CC(C)c1ccc([P@@](=O)(c2ccc(C(C)C)cc2-c2c(-c3ccccc3)c(-c3ccccc3)c(-c3ccccc3)c3ccccc23)N(C(C)C)C(C)C)cc1. The van der Waals surface area contributed by atoms with E-state index < -0.39 is 7.29 Å². The van der Waals surface area contributed by atoms with Crippen LogP contribution in [0.4, 0.5) is 0 Å². The second-order valence-electron chi connectivity index (χ2n) is 16.0. The van der Waals surface area contributed by atoms with Crippen LogP contribution >= 0.6 is 7.29 Å². The summed E-state index contributed by atoms with van der Waals surface area (Å²) in [6.07, 6.45) is 0. The van der Waals surface area contributed by atoms with Crippen LogP contribution in [-0.2, 0) is 4.57 Å². The van der Waals surface area contributed by atoms with Crippen LogP contribution in [0, 0.1) is 0 Å². The van der Waals surface area contributed by atoms with Gasteiger partial charge in [0.15, 0.2) is 0 Å². The summed E-state index contributed by atoms with van der Waals surface area (Å²) in [7, 11) is -3.46. The summed E-state index contributed by atoms with van der Waals surface area (Å²) in [5.41, 5.74) is 11.6. The summed E-state index contributed by atoms with van der Waals surface area (Å²) in [4.78, 5) is 0. The summed E-state index contributed by atoms with van der Waals surface area (Å²) in [6, 6.07) is 56.8. The van der Waals surface area contributed by atoms with Gasteiger partial charge >= 0.3 is 0 Å². The molecule has 0 fully saturated rings. The molecule has 0 aliphatic rings. The molecule has 0 bridgehead atoms. The Morgan fingerprint density at radius 3 is 1.27 bits per heavy atom. The van der Waals surface area contributed by atoms with Crippen molar-refractivity contribution in [3.8, 4) is 44.5 Å². The molecular weight excluding hydrogens is 686 g/mol. The first-order chi connectivity index (χ1) is 26.5. The van der Waals surface area contributed by atoms with Crippen molar-refractivity contribution >= 4 is 28.7 Å². The van der Waals surface area contributed by atoms with E-state index in [2.05, 4.69) is 218 Å². The van der Waals surface area contributed by atoms with Gasteiger partial charge in [-0.1, -0.05) is 167 Å². The Hall–Kier alpha value is -5.01. The van der Waals surface area contributed by atoms with E-state index in [4.69, 9.17) is 0 Å². The summed E-state index contributed by atoms with van der Waals surface area (Å²) >= 11 is 0. The van der Waals surface area contributed by atoms with Gasteiger partial charge in [0, 0.05) is 22.7 Å². The zero-order chi connectivity index (χ0) is 38.9. The Bertz CT molecular complexity index is 2440. The average molecular weight is 740 g/mol. The summed E-state index contributed by atoms with van der Waals surface area (Å²) in [5, 5.41) is 4.06. The van der Waals surface area contributed by atoms with Crippen molar-refractivity contribution in [3.63, 3.8) is 0 Å². The van der Waals surface area contributed by atoms with E-state index in [1.807, 2.05) is 0 Å². The molecule has 2 nitrogen and oxygen atoms in total. The zero-order valence-corrected chi connectivity index (χ0v) is 34.5. The van der Waals surface area contributed by atoms with Crippen molar-refractivity contribution in [1.82, 2.24) is 4.67 Å². The van der Waals surface area contributed by atoms with Crippen molar-refractivity contribution in [2.24, 2.45) is 0 Å². The molecule has 0 saturated heterocycles. The molecule has 1 atom stereocenters. The van der Waals surface area contributed by atoms with Crippen molar-refractivity contribution in [2.75, 3.05) is 0 Å². The Morgan fingerprint density at radius 2 is 0.818 bits per heavy atom. The van der Waals surface area contributed by atoms with Gasteiger partial charge in [-0.05, 0) is 124 Å². The molecule has 7 rings (SSSR count). The minimum Gasteiger partial charge on any atom is -0.296 e. The van der Waals surface area contributed by atoms with E-state index in [0.29, 0.717) is 5.92 Å². The molecule has 0 unspecified atom stereocenters. The van der Waals surface area contributed by atoms with Crippen LogP contribution in [0.5, 0.6) is 0 Å². The number of benzene rings is 7. The molecule has 3 heteroatoms. The number of hydrogen-bond acceptors (Lipinski definition) is 1. The maximum Gasteiger partial charge on any atom is 0.208 e. The first-order valence-electron chi connectivity index (χ1n) is 19.9. The number of fused-ring (bicyclic) bond motifs is 1. The lowest BCUT2D eigenvalue weighted by Crippen LogP contribution is -2.41. The van der Waals surface area contributed by atoms with Crippen LogP contribution in [0.3, 0.4) is 0 Å². The molecule has 0 aliphatic carbocycles. The third-order valence-electron chi connectivity index (χ3n) is 11.0. The summed E-state index contributed by atoms with van der Waals surface area (Å²) in [6.45, 7) is 17.7. The van der Waals surface area contributed by atoms with Crippen LogP contribution in [0.2, 0.25) is 0 Å². The van der Waals surface area contributed by atoms with Crippen LogP contribution < -0.4 is 10.6 Å². The van der Waals surface area contributed by atoms with Gasteiger partial charge in [-0.3, -0.25) is 4.57 Å². The predicted molar refractivity (Wildman–Crippen MR) is 239 cm³/mol. The van der Waals surface area contributed by atoms with E-state index in [1.165, 1.54) is 33.2 Å². The van der Waals surface area contributed by atoms with Gasteiger partial charge in [-0.15, -0.1) is 0 Å². The van der Waals surface area contributed by atoms with E-state index in [-0.39, 0.29) is 18.0 Å². The van der Waals surface area contributed by atoms with Gasteiger partial charge in [-0.25, -0.2) is 4.67 Å². The Kier molecular flexibility index (Phi) is 11.1. The minimum atomic E-state index is -3.46. The number of hydrogen-bond donors (Lipinski definition) is 0. The molecule has 55 heavy (non-hydrogen) atoms. The Balaban J connectivity index is 1.73. The highest BCUT2D eigenvalue weighted by molar-refractivity contribution is 7.76. The lowest BCUT2D eigenvalue weighted by Gasteiger charge is -2.40.